The van der Waals surface area contributed by atoms with Crippen molar-refractivity contribution in [1.29, 1.82) is 0 Å². The van der Waals surface area contributed by atoms with Crippen molar-refractivity contribution in [3.05, 3.63) is 62.5 Å². The zero-order chi connectivity index (χ0) is 23.0. The number of allylic oxidation sites excluding steroid dienone is 1. The fourth-order valence-electron chi connectivity index (χ4n) is 3.34. The van der Waals surface area contributed by atoms with Crippen LogP contribution in [0.15, 0.2) is 46.8 Å². The summed E-state index contributed by atoms with van der Waals surface area (Å²) >= 11 is 1.61. The molecule has 31 heavy (non-hydrogen) atoms. The van der Waals surface area contributed by atoms with E-state index in [4.69, 9.17) is 9.47 Å². The second-order valence-electron chi connectivity index (χ2n) is 6.71. The van der Waals surface area contributed by atoms with Crippen molar-refractivity contribution in [1.82, 2.24) is 10.6 Å². The third kappa shape index (κ3) is 5.86. The lowest BCUT2D eigenvalue weighted by atomic mass is 9.80. The number of methoxy groups -OCH3 is 1. The van der Waals surface area contributed by atoms with Crippen molar-refractivity contribution in [2.75, 3.05) is 38.8 Å². The Morgan fingerprint density at radius 3 is 2.65 bits per heavy atom. The highest BCUT2D eigenvalue weighted by Gasteiger charge is 2.39. The van der Waals surface area contributed by atoms with Crippen molar-refractivity contribution in [3.63, 3.8) is 0 Å². The monoisotopic (exact) mass is 449 g/mol. The predicted octanol–water partition coefficient (Wildman–Crippen LogP) is 2.50. The summed E-state index contributed by atoms with van der Waals surface area (Å²) in [4.78, 5) is 36.5. The summed E-state index contributed by atoms with van der Waals surface area (Å²) in [6.45, 7) is 4.36. The number of hydrogen-bond donors (Lipinski definition) is 2. The van der Waals surface area contributed by atoms with Crippen LogP contribution >= 0.6 is 11.8 Å². The lowest BCUT2D eigenvalue weighted by Crippen LogP contribution is -2.34. The maximum atomic E-state index is 13.0. The van der Waals surface area contributed by atoms with E-state index in [2.05, 4.69) is 10.6 Å². The number of nitrogens with one attached hydrogen (secondary N) is 2. The molecule has 0 amide bonds. The first-order valence-corrected chi connectivity index (χ1v) is 10.9. The number of rotatable bonds is 10. The van der Waals surface area contributed by atoms with E-state index < -0.39 is 22.8 Å². The number of dihydropyridines is 1. The first-order valence-electron chi connectivity index (χ1n) is 9.78. The third-order valence-electron chi connectivity index (χ3n) is 4.70. The van der Waals surface area contributed by atoms with Crippen molar-refractivity contribution in [2.45, 2.75) is 19.8 Å². The molecule has 1 unspecified atom stereocenters. The van der Waals surface area contributed by atoms with Crippen molar-refractivity contribution < 1.29 is 24.0 Å². The van der Waals surface area contributed by atoms with Gasteiger partial charge in [0, 0.05) is 41.6 Å². The van der Waals surface area contributed by atoms with Gasteiger partial charge in [-0.3, -0.25) is 10.1 Å². The summed E-state index contributed by atoms with van der Waals surface area (Å²) in [5.74, 6) is -0.763. The number of non-ortho nitro benzene ring substituents is 1. The van der Waals surface area contributed by atoms with E-state index in [0.29, 0.717) is 22.7 Å². The van der Waals surface area contributed by atoms with Gasteiger partial charge in [0.1, 0.15) is 0 Å². The number of esters is 2. The van der Waals surface area contributed by atoms with Crippen LogP contribution in [0.1, 0.15) is 25.3 Å². The Bertz CT molecular complexity index is 912. The summed E-state index contributed by atoms with van der Waals surface area (Å²) in [7, 11) is 3.11. The zero-order valence-corrected chi connectivity index (χ0v) is 18.8. The Balaban J connectivity index is 2.66. The Labute approximate surface area is 185 Å². The Morgan fingerprint density at radius 1 is 1.29 bits per heavy atom. The van der Waals surface area contributed by atoms with Gasteiger partial charge in [-0.25, -0.2) is 9.59 Å². The molecule has 1 aliphatic heterocycles. The summed E-state index contributed by atoms with van der Waals surface area (Å²) < 4.78 is 10.3. The van der Waals surface area contributed by atoms with Gasteiger partial charge in [-0.05, 0) is 26.5 Å². The summed E-state index contributed by atoms with van der Waals surface area (Å²) in [5, 5.41) is 17.6. The smallest absolute Gasteiger partial charge is 0.336 e. The molecule has 1 aromatic rings. The van der Waals surface area contributed by atoms with Crippen LogP contribution in [0.2, 0.25) is 0 Å². The van der Waals surface area contributed by atoms with Gasteiger partial charge in [-0.2, -0.15) is 11.8 Å². The van der Waals surface area contributed by atoms with E-state index in [1.807, 2.05) is 7.05 Å². The van der Waals surface area contributed by atoms with E-state index in [9.17, 15) is 19.7 Å². The second kappa shape index (κ2) is 11.5. The SMILES string of the molecule is CCOC(=O)C1=C(CSCCNC)NC(C)=C(C(=O)OC)C1c1cccc([N+](=O)[O-])c1. The molecule has 1 aliphatic rings. The molecule has 0 saturated heterocycles. The minimum atomic E-state index is -0.854. The van der Waals surface area contributed by atoms with Crippen molar-refractivity contribution in [2.24, 2.45) is 0 Å². The summed E-state index contributed by atoms with van der Waals surface area (Å²) in [5.41, 5.74) is 1.92. The number of nitro benzene ring substituents is 1. The van der Waals surface area contributed by atoms with E-state index in [0.717, 1.165) is 12.3 Å². The van der Waals surface area contributed by atoms with Crippen LogP contribution in [0.5, 0.6) is 0 Å². The third-order valence-corrected chi connectivity index (χ3v) is 5.69. The quantitative estimate of drug-likeness (QED) is 0.240. The van der Waals surface area contributed by atoms with Gasteiger partial charge in [0.05, 0.1) is 35.7 Å². The molecule has 1 heterocycles. The zero-order valence-electron chi connectivity index (χ0n) is 18.0. The molecule has 0 aliphatic carbocycles. The van der Waals surface area contributed by atoms with E-state index in [-0.39, 0.29) is 23.4 Å². The fraction of sp³-hybridized carbons (Fsp3) is 0.429. The molecule has 0 saturated carbocycles. The number of hydrogen-bond acceptors (Lipinski definition) is 9. The molecular weight excluding hydrogens is 422 g/mol. The normalized spacial score (nSPS) is 16.1. The van der Waals surface area contributed by atoms with Crippen LogP contribution in [0.4, 0.5) is 5.69 Å². The molecule has 0 radical (unpaired) electrons. The standard InChI is InChI=1S/C21H27N3O6S/c1-5-30-21(26)19-16(12-31-10-9-22-3)23-13(2)17(20(25)29-4)18(19)14-7-6-8-15(11-14)24(27)28/h6-8,11,18,22-23H,5,9-10,12H2,1-4H3. The molecule has 10 heteroatoms. The average molecular weight is 450 g/mol. The van der Waals surface area contributed by atoms with Crippen LogP contribution in [0.25, 0.3) is 0 Å². The molecule has 1 atom stereocenters. The molecule has 168 valence electrons. The number of benzene rings is 1. The first-order chi connectivity index (χ1) is 14.8. The van der Waals surface area contributed by atoms with Gasteiger partial charge in [0.25, 0.3) is 5.69 Å². The van der Waals surface area contributed by atoms with Gasteiger partial charge in [0.15, 0.2) is 0 Å². The molecule has 0 spiro atoms. The summed E-state index contributed by atoms with van der Waals surface area (Å²) in [6.07, 6.45) is 0. The highest BCUT2D eigenvalue weighted by molar-refractivity contribution is 7.99. The number of ether oxygens (including phenoxy) is 2. The van der Waals surface area contributed by atoms with Crippen molar-refractivity contribution >= 4 is 29.4 Å². The van der Waals surface area contributed by atoms with E-state index in [1.54, 1.807) is 31.7 Å². The van der Waals surface area contributed by atoms with Gasteiger partial charge in [-0.1, -0.05) is 12.1 Å². The number of nitro groups is 1. The minimum Gasteiger partial charge on any atom is -0.466 e. The maximum absolute atomic E-state index is 13.0. The van der Waals surface area contributed by atoms with Crippen molar-refractivity contribution in [3.8, 4) is 0 Å². The Morgan fingerprint density at radius 2 is 2.03 bits per heavy atom. The van der Waals surface area contributed by atoms with Gasteiger partial charge < -0.3 is 20.1 Å². The number of carbonyl (C=O) groups is 2. The van der Waals surface area contributed by atoms with Crippen LogP contribution in [-0.4, -0.2) is 55.7 Å². The molecule has 0 bridgehead atoms. The van der Waals surface area contributed by atoms with Crippen LogP contribution in [0, 0.1) is 10.1 Å². The van der Waals surface area contributed by atoms with E-state index >= 15 is 0 Å². The topological polar surface area (TPSA) is 120 Å². The van der Waals surface area contributed by atoms with E-state index in [1.165, 1.54) is 25.3 Å². The highest BCUT2D eigenvalue weighted by atomic mass is 32.2. The predicted molar refractivity (Wildman–Crippen MR) is 119 cm³/mol. The average Bonchev–Trinajstić information content (AvgIpc) is 2.75. The Kier molecular flexibility index (Phi) is 9.07. The largest absolute Gasteiger partial charge is 0.466 e. The molecule has 2 N–H and O–H groups in total. The molecule has 0 fully saturated rings. The molecular formula is C21H27N3O6S. The number of nitrogens with zero attached hydrogens (tertiary/aromatic N) is 1. The molecule has 0 aromatic heterocycles. The van der Waals surface area contributed by atoms with Crippen LogP contribution < -0.4 is 10.6 Å². The second-order valence-corrected chi connectivity index (χ2v) is 7.81. The number of thioether (sulfide) groups is 1. The van der Waals surface area contributed by atoms with Gasteiger partial charge in [0.2, 0.25) is 0 Å². The number of carbonyl (C=O) groups excluding carboxylic acids is 2. The minimum absolute atomic E-state index is 0.133. The van der Waals surface area contributed by atoms with Crippen LogP contribution in [-0.2, 0) is 19.1 Å². The van der Waals surface area contributed by atoms with Gasteiger partial charge in [-0.15, -0.1) is 0 Å². The Hall–Kier alpha value is -2.85. The molecule has 1 aromatic carbocycles. The highest BCUT2D eigenvalue weighted by Crippen LogP contribution is 2.40. The fourth-order valence-corrected chi connectivity index (χ4v) is 4.27. The lowest BCUT2D eigenvalue weighted by molar-refractivity contribution is -0.384. The van der Waals surface area contributed by atoms with Crippen LogP contribution in [0.3, 0.4) is 0 Å². The first kappa shape index (κ1) is 24.4. The maximum Gasteiger partial charge on any atom is 0.336 e. The molecule has 2 rings (SSSR count). The molecule has 9 nitrogen and oxygen atoms in total. The van der Waals surface area contributed by atoms with Gasteiger partial charge >= 0.3 is 11.9 Å². The lowest BCUT2D eigenvalue weighted by Gasteiger charge is -2.31. The summed E-state index contributed by atoms with van der Waals surface area (Å²) in [6, 6.07) is 5.92.